The zero-order valence-electron chi connectivity index (χ0n) is 22.3. The summed E-state index contributed by atoms with van der Waals surface area (Å²) in [6.45, 7) is 11.1. The molecule has 2 saturated heterocycles. The number of carbonyl (C=O) groups is 1. The lowest BCUT2D eigenvalue weighted by atomic mass is 10.0. The summed E-state index contributed by atoms with van der Waals surface area (Å²) in [6, 6.07) is 9.69. The van der Waals surface area contributed by atoms with E-state index in [-0.39, 0.29) is 12.0 Å². The molecule has 10 nitrogen and oxygen atoms in total. The van der Waals surface area contributed by atoms with Crippen LogP contribution in [0.3, 0.4) is 0 Å². The fourth-order valence-electron chi connectivity index (χ4n) is 5.00. The van der Waals surface area contributed by atoms with Gasteiger partial charge in [0.25, 0.3) is 5.91 Å². The molecule has 1 amide bonds. The number of morpholine rings is 1. The fraction of sp³-hybridized carbons (Fsp3) is 0.379. The van der Waals surface area contributed by atoms with Gasteiger partial charge in [-0.25, -0.2) is 4.98 Å². The van der Waals surface area contributed by atoms with E-state index in [4.69, 9.17) is 4.74 Å². The zero-order chi connectivity index (χ0) is 27.2. The van der Waals surface area contributed by atoms with E-state index in [2.05, 4.69) is 48.1 Å². The second kappa shape index (κ2) is 12.3. The van der Waals surface area contributed by atoms with Gasteiger partial charge in [0.05, 0.1) is 36.7 Å². The number of likely N-dealkylation sites (tertiary alicyclic amines) is 1. The minimum atomic E-state index is -0.301. The highest BCUT2D eigenvalue weighted by atomic mass is 16.5. The summed E-state index contributed by atoms with van der Waals surface area (Å²) in [5.74, 6) is 0.566. The largest absolute Gasteiger partial charge is 0.393 e. The number of anilines is 2. The first-order valence-electron chi connectivity index (χ1n) is 13.3. The Hall–Kier alpha value is -3.86. The molecule has 0 bridgehead atoms. The Kier molecular flexibility index (Phi) is 8.45. The Morgan fingerprint density at radius 1 is 1.23 bits per heavy atom. The number of aromatic amines is 1. The molecule has 10 heteroatoms. The fourth-order valence-corrected chi connectivity index (χ4v) is 5.00. The lowest BCUT2D eigenvalue weighted by molar-refractivity contribution is 0.0872. The standard InChI is InChI=1S/C29H35N7O3/c1-20(15-21(17-30-2)19-35-9-7-24(37)8-10-35)22-3-5-26-25(16-22)28(34-33-26)29(38)32-23-4-6-27(31-18-23)36-11-13-39-14-12-36/h3-6,15-18,24,37H,2,7-14,19H2,1H3,(H,32,38)(H,33,34)/b20-15+,21-17+. The maximum atomic E-state index is 13.1. The number of rotatable bonds is 8. The first-order valence-corrected chi connectivity index (χ1v) is 13.3. The number of carbonyl (C=O) groups excluding carboxylic acids is 1. The number of amides is 1. The molecule has 5 rings (SSSR count). The number of piperidine rings is 1. The zero-order valence-corrected chi connectivity index (χ0v) is 22.3. The topological polar surface area (TPSA) is 119 Å². The quantitative estimate of drug-likeness (QED) is 0.302. The molecule has 1 aromatic carbocycles. The lowest BCUT2D eigenvalue weighted by Crippen LogP contribution is -2.36. The molecule has 2 aliphatic rings. The molecule has 0 atom stereocenters. The summed E-state index contributed by atoms with van der Waals surface area (Å²) in [4.78, 5) is 26.1. The van der Waals surface area contributed by atoms with Crippen molar-refractivity contribution in [2.75, 3.05) is 56.2 Å². The third-order valence-electron chi connectivity index (χ3n) is 7.20. The molecule has 3 aromatic rings. The van der Waals surface area contributed by atoms with E-state index in [1.165, 1.54) is 0 Å². The number of aliphatic hydroxyl groups excluding tert-OH is 1. The van der Waals surface area contributed by atoms with Crippen LogP contribution >= 0.6 is 0 Å². The molecule has 2 aliphatic heterocycles. The van der Waals surface area contributed by atoms with Gasteiger partial charge in [0.1, 0.15) is 5.82 Å². The molecule has 0 unspecified atom stereocenters. The minimum absolute atomic E-state index is 0.206. The van der Waals surface area contributed by atoms with Crippen molar-refractivity contribution in [1.29, 1.82) is 0 Å². The molecular formula is C29H35N7O3. The van der Waals surface area contributed by atoms with E-state index in [1.54, 1.807) is 12.4 Å². The molecule has 2 aromatic heterocycles. The molecule has 0 spiro atoms. The highest BCUT2D eigenvalue weighted by molar-refractivity contribution is 6.11. The van der Waals surface area contributed by atoms with Gasteiger partial charge in [-0.15, -0.1) is 0 Å². The van der Waals surface area contributed by atoms with Gasteiger partial charge in [-0.05, 0) is 67.5 Å². The first-order chi connectivity index (χ1) is 19.0. The Morgan fingerprint density at radius 2 is 2.03 bits per heavy atom. The maximum Gasteiger partial charge on any atom is 0.276 e. The summed E-state index contributed by atoms with van der Waals surface area (Å²) in [6.07, 6.45) is 6.91. The van der Waals surface area contributed by atoms with Crippen LogP contribution < -0.4 is 10.2 Å². The molecule has 4 heterocycles. The maximum absolute atomic E-state index is 13.1. The van der Waals surface area contributed by atoms with Gasteiger partial charge in [-0.1, -0.05) is 12.1 Å². The van der Waals surface area contributed by atoms with Gasteiger partial charge in [-0.3, -0.25) is 19.8 Å². The molecule has 204 valence electrons. The monoisotopic (exact) mass is 529 g/mol. The molecule has 0 aliphatic carbocycles. The average Bonchev–Trinajstić information content (AvgIpc) is 3.39. The van der Waals surface area contributed by atoms with Gasteiger partial charge < -0.3 is 20.1 Å². The molecule has 39 heavy (non-hydrogen) atoms. The van der Waals surface area contributed by atoms with Crippen LogP contribution in [-0.4, -0.2) is 89.9 Å². The van der Waals surface area contributed by atoms with E-state index in [0.29, 0.717) is 24.6 Å². The van der Waals surface area contributed by atoms with Crippen LogP contribution in [0.1, 0.15) is 35.8 Å². The smallest absolute Gasteiger partial charge is 0.276 e. The average molecular weight is 530 g/mol. The number of pyridine rings is 1. The first kappa shape index (κ1) is 26.7. The normalized spacial score (nSPS) is 17.9. The van der Waals surface area contributed by atoms with Crippen molar-refractivity contribution in [3.05, 3.63) is 65.6 Å². The summed E-state index contributed by atoms with van der Waals surface area (Å²) in [7, 11) is 0. The van der Waals surface area contributed by atoms with Crippen LogP contribution in [0.2, 0.25) is 0 Å². The molecule has 0 saturated carbocycles. The van der Waals surface area contributed by atoms with Gasteiger partial charge >= 0.3 is 0 Å². The summed E-state index contributed by atoms with van der Waals surface area (Å²) >= 11 is 0. The molecule has 3 N–H and O–H groups in total. The summed E-state index contributed by atoms with van der Waals surface area (Å²) < 4.78 is 5.40. The third kappa shape index (κ3) is 6.59. The number of fused-ring (bicyclic) bond motifs is 1. The van der Waals surface area contributed by atoms with Crippen molar-refractivity contribution in [3.8, 4) is 0 Å². The highest BCUT2D eigenvalue weighted by Gasteiger charge is 2.19. The van der Waals surface area contributed by atoms with Crippen molar-refractivity contribution >= 4 is 40.6 Å². The van der Waals surface area contributed by atoms with Crippen LogP contribution in [0, 0.1) is 0 Å². The van der Waals surface area contributed by atoms with Gasteiger partial charge in [0.2, 0.25) is 0 Å². The number of nitrogens with zero attached hydrogens (tertiary/aromatic N) is 5. The van der Waals surface area contributed by atoms with E-state index in [9.17, 15) is 9.90 Å². The van der Waals surface area contributed by atoms with Crippen LogP contribution in [0.15, 0.2) is 59.4 Å². The van der Waals surface area contributed by atoms with Crippen molar-refractivity contribution in [1.82, 2.24) is 20.1 Å². The number of H-pyrrole nitrogens is 1. The Morgan fingerprint density at radius 3 is 2.74 bits per heavy atom. The lowest BCUT2D eigenvalue weighted by Gasteiger charge is -2.29. The van der Waals surface area contributed by atoms with Crippen LogP contribution in [0.5, 0.6) is 0 Å². The third-order valence-corrected chi connectivity index (χ3v) is 7.20. The second-order valence-electron chi connectivity index (χ2n) is 10.0. The van der Waals surface area contributed by atoms with Crippen LogP contribution in [-0.2, 0) is 4.74 Å². The Balaban J connectivity index is 1.30. The van der Waals surface area contributed by atoms with Crippen molar-refractivity contribution < 1.29 is 14.6 Å². The Bertz CT molecular complexity index is 1370. The van der Waals surface area contributed by atoms with Gasteiger partial charge in [0.15, 0.2) is 5.69 Å². The predicted molar refractivity (Wildman–Crippen MR) is 154 cm³/mol. The summed E-state index contributed by atoms with van der Waals surface area (Å²) in [5.41, 5.74) is 4.78. The van der Waals surface area contributed by atoms with Gasteiger partial charge in [-0.2, -0.15) is 5.10 Å². The molecule has 2 fully saturated rings. The predicted octanol–water partition coefficient (Wildman–Crippen LogP) is 3.49. The number of nitrogens with one attached hydrogen (secondary N) is 2. The number of aliphatic hydroxyl groups is 1. The number of hydrogen-bond donors (Lipinski definition) is 3. The Labute approximate surface area is 228 Å². The van der Waals surface area contributed by atoms with Crippen molar-refractivity contribution in [3.63, 3.8) is 0 Å². The van der Waals surface area contributed by atoms with E-state index in [0.717, 1.165) is 79.0 Å². The van der Waals surface area contributed by atoms with E-state index < -0.39 is 0 Å². The number of aliphatic imine (C=N–C) groups is 1. The number of benzene rings is 1. The summed E-state index contributed by atoms with van der Waals surface area (Å²) in [5, 5.41) is 20.7. The van der Waals surface area contributed by atoms with E-state index >= 15 is 0 Å². The number of ether oxygens (including phenoxy) is 1. The second-order valence-corrected chi connectivity index (χ2v) is 10.0. The molecular weight excluding hydrogens is 494 g/mol. The molecule has 0 radical (unpaired) electrons. The highest BCUT2D eigenvalue weighted by Crippen LogP contribution is 2.25. The van der Waals surface area contributed by atoms with Crippen molar-refractivity contribution in [2.45, 2.75) is 25.9 Å². The number of allylic oxidation sites excluding steroid dienone is 1. The SMILES string of the molecule is C=N/C=C(\C=C(/C)c1ccc2[nH]nc(C(=O)Nc3ccc(N4CCOCC4)nc3)c2c1)CN1CCC(O)CC1. The van der Waals surface area contributed by atoms with Crippen LogP contribution in [0.25, 0.3) is 16.5 Å². The van der Waals surface area contributed by atoms with Crippen molar-refractivity contribution in [2.24, 2.45) is 4.99 Å². The number of aromatic nitrogens is 3. The minimum Gasteiger partial charge on any atom is -0.393 e. The van der Waals surface area contributed by atoms with E-state index in [1.807, 2.05) is 37.3 Å². The van der Waals surface area contributed by atoms with Gasteiger partial charge in [0, 0.05) is 44.3 Å². The van der Waals surface area contributed by atoms with Crippen LogP contribution in [0.4, 0.5) is 11.5 Å². The number of hydrogen-bond acceptors (Lipinski definition) is 8.